The summed E-state index contributed by atoms with van der Waals surface area (Å²) in [5.41, 5.74) is 2.03. The molecule has 0 unspecified atom stereocenters. The van der Waals surface area contributed by atoms with Crippen molar-refractivity contribution in [3.8, 4) is 11.1 Å². The predicted molar refractivity (Wildman–Crippen MR) is 89.7 cm³/mol. The van der Waals surface area contributed by atoms with Gasteiger partial charge in [0.15, 0.2) is 0 Å². The molecule has 0 fully saturated rings. The number of anilines is 2. The van der Waals surface area contributed by atoms with E-state index in [-0.39, 0.29) is 11.4 Å². The van der Waals surface area contributed by atoms with Gasteiger partial charge in [-0.05, 0) is 36.4 Å². The minimum absolute atomic E-state index is 0.255. The van der Waals surface area contributed by atoms with Crippen molar-refractivity contribution in [2.45, 2.75) is 0 Å². The van der Waals surface area contributed by atoms with Crippen LogP contribution in [0.4, 0.5) is 15.9 Å². The molecule has 24 heavy (non-hydrogen) atoms. The number of furan rings is 1. The maximum atomic E-state index is 13.0. The van der Waals surface area contributed by atoms with Gasteiger partial charge in [0.05, 0.1) is 17.9 Å². The standard InChI is InChI=1S/C18H12FN3O2/c19-12-1-3-13(4-2-12)22-17-16-14(5-7-20-18(16)23)15(9-21-17)11-6-8-24-10-11/h1-10H,(H,20,23)(H,21,22). The molecule has 4 aromatic rings. The van der Waals surface area contributed by atoms with E-state index in [9.17, 15) is 9.18 Å². The van der Waals surface area contributed by atoms with Gasteiger partial charge in [-0.15, -0.1) is 0 Å². The lowest BCUT2D eigenvalue weighted by atomic mass is 10.0. The molecule has 0 aliphatic rings. The molecule has 0 radical (unpaired) electrons. The Morgan fingerprint density at radius 3 is 2.71 bits per heavy atom. The molecule has 0 spiro atoms. The van der Waals surface area contributed by atoms with Crippen LogP contribution in [0.15, 0.2) is 70.5 Å². The second-order valence-corrected chi connectivity index (χ2v) is 5.26. The molecular formula is C18H12FN3O2. The fourth-order valence-electron chi connectivity index (χ4n) is 2.61. The zero-order valence-electron chi connectivity index (χ0n) is 12.4. The number of halogens is 1. The number of aromatic amines is 1. The van der Waals surface area contributed by atoms with Crippen molar-refractivity contribution in [1.82, 2.24) is 9.97 Å². The van der Waals surface area contributed by atoms with E-state index < -0.39 is 0 Å². The van der Waals surface area contributed by atoms with Gasteiger partial charge in [0.25, 0.3) is 5.56 Å². The predicted octanol–water partition coefficient (Wildman–Crippen LogP) is 4.07. The molecule has 0 saturated heterocycles. The SMILES string of the molecule is O=c1[nH]ccc2c(-c3ccoc3)cnc(Nc3ccc(F)cc3)c12. The van der Waals surface area contributed by atoms with E-state index >= 15 is 0 Å². The number of nitrogens with zero attached hydrogens (tertiary/aromatic N) is 1. The van der Waals surface area contributed by atoms with Crippen molar-refractivity contribution in [3.05, 3.63) is 77.5 Å². The fraction of sp³-hybridized carbons (Fsp3) is 0. The molecule has 0 aliphatic heterocycles. The highest BCUT2D eigenvalue weighted by atomic mass is 19.1. The second-order valence-electron chi connectivity index (χ2n) is 5.26. The lowest BCUT2D eigenvalue weighted by Crippen LogP contribution is -2.09. The van der Waals surface area contributed by atoms with Gasteiger partial charge in [0.1, 0.15) is 11.6 Å². The maximum Gasteiger partial charge on any atom is 0.259 e. The Bertz CT molecular complexity index is 1050. The van der Waals surface area contributed by atoms with Gasteiger partial charge in [-0.1, -0.05) is 0 Å². The Labute approximate surface area is 135 Å². The van der Waals surface area contributed by atoms with Gasteiger partial charge >= 0.3 is 0 Å². The van der Waals surface area contributed by atoms with Gasteiger partial charge in [0.2, 0.25) is 0 Å². The molecule has 4 rings (SSSR count). The van der Waals surface area contributed by atoms with E-state index in [4.69, 9.17) is 4.42 Å². The summed E-state index contributed by atoms with van der Waals surface area (Å²) in [4.78, 5) is 19.4. The summed E-state index contributed by atoms with van der Waals surface area (Å²) in [6, 6.07) is 9.48. The minimum atomic E-state index is -0.327. The van der Waals surface area contributed by atoms with E-state index in [0.717, 1.165) is 16.5 Å². The number of hydrogen-bond donors (Lipinski definition) is 2. The first kappa shape index (κ1) is 14.2. The third-order valence-electron chi connectivity index (χ3n) is 3.75. The zero-order chi connectivity index (χ0) is 16.5. The third kappa shape index (κ3) is 2.44. The van der Waals surface area contributed by atoms with Gasteiger partial charge in [-0.3, -0.25) is 4.79 Å². The highest BCUT2D eigenvalue weighted by Crippen LogP contribution is 2.30. The number of nitrogens with one attached hydrogen (secondary N) is 2. The first-order chi connectivity index (χ1) is 11.7. The first-order valence-electron chi connectivity index (χ1n) is 7.28. The molecule has 1 aromatic carbocycles. The van der Waals surface area contributed by atoms with Crippen LogP contribution in [0, 0.1) is 5.82 Å². The number of hydrogen-bond acceptors (Lipinski definition) is 4. The molecule has 2 N–H and O–H groups in total. The maximum absolute atomic E-state index is 13.0. The van der Waals surface area contributed by atoms with Crippen molar-refractivity contribution in [1.29, 1.82) is 0 Å². The topological polar surface area (TPSA) is 70.9 Å². The monoisotopic (exact) mass is 321 g/mol. The van der Waals surface area contributed by atoms with Gasteiger partial charge < -0.3 is 14.7 Å². The van der Waals surface area contributed by atoms with Crippen LogP contribution in [0.2, 0.25) is 0 Å². The molecule has 118 valence electrons. The number of fused-ring (bicyclic) bond motifs is 1. The van der Waals surface area contributed by atoms with E-state index in [2.05, 4.69) is 15.3 Å². The number of H-pyrrole nitrogens is 1. The van der Waals surface area contributed by atoms with Crippen LogP contribution in [0.3, 0.4) is 0 Å². The number of pyridine rings is 2. The molecule has 0 saturated carbocycles. The van der Waals surface area contributed by atoms with Crippen LogP contribution >= 0.6 is 0 Å². The van der Waals surface area contributed by atoms with Crippen molar-refractivity contribution in [3.63, 3.8) is 0 Å². The first-order valence-corrected chi connectivity index (χ1v) is 7.28. The molecular weight excluding hydrogens is 309 g/mol. The molecule has 6 heteroatoms. The fourth-order valence-corrected chi connectivity index (χ4v) is 2.61. The Hall–Kier alpha value is -3.41. The molecule has 0 bridgehead atoms. The van der Waals surface area contributed by atoms with E-state index in [0.29, 0.717) is 16.9 Å². The molecule has 0 aliphatic carbocycles. The van der Waals surface area contributed by atoms with E-state index in [1.165, 1.54) is 12.1 Å². The lowest BCUT2D eigenvalue weighted by molar-refractivity contribution is 0.568. The summed E-state index contributed by atoms with van der Waals surface area (Å²) in [5, 5.41) is 4.25. The summed E-state index contributed by atoms with van der Waals surface area (Å²) in [7, 11) is 0. The lowest BCUT2D eigenvalue weighted by Gasteiger charge is -2.10. The van der Waals surface area contributed by atoms with Crippen molar-refractivity contribution in [2.24, 2.45) is 0 Å². The normalized spacial score (nSPS) is 10.9. The Morgan fingerprint density at radius 2 is 1.96 bits per heavy atom. The summed E-state index contributed by atoms with van der Waals surface area (Å²) < 4.78 is 18.2. The largest absolute Gasteiger partial charge is 0.472 e. The van der Waals surface area contributed by atoms with E-state index in [1.54, 1.807) is 37.1 Å². The highest BCUT2D eigenvalue weighted by molar-refractivity contribution is 6.01. The summed E-state index contributed by atoms with van der Waals surface area (Å²) in [6.45, 7) is 0. The average molecular weight is 321 g/mol. The average Bonchev–Trinajstić information content (AvgIpc) is 3.11. The van der Waals surface area contributed by atoms with Crippen LogP contribution in [-0.4, -0.2) is 9.97 Å². The van der Waals surface area contributed by atoms with Crippen LogP contribution in [0.25, 0.3) is 21.9 Å². The third-order valence-corrected chi connectivity index (χ3v) is 3.75. The Kier molecular flexibility index (Phi) is 3.35. The molecule has 0 amide bonds. The minimum Gasteiger partial charge on any atom is -0.472 e. The Balaban J connectivity index is 1.90. The molecule has 3 heterocycles. The van der Waals surface area contributed by atoms with Crippen molar-refractivity contribution >= 4 is 22.3 Å². The van der Waals surface area contributed by atoms with Crippen LogP contribution in [0.5, 0.6) is 0 Å². The number of aromatic nitrogens is 2. The van der Waals surface area contributed by atoms with E-state index in [1.807, 2.05) is 12.1 Å². The van der Waals surface area contributed by atoms with Crippen LogP contribution < -0.4 is 10.9 Å². The summed E-state index contributed by atoms with van der Waals surface area (Å²) >= 11 is 0. The smallest absolute Gasteiger partial charge is 0.259 e. The highest BCUT2D eigenvalue weighted by Gasteiger charge is 2.13. The van der Waals surface area contributed by atoms with Gasteiger partial charge in [-0.25, -0.2) is 9.37 Å². The van der Waals surface area contributed by atoms with Crippen molar-refractivity contribution < 1.29 is 8.81 Å². The number of benzene rings is 1. The van der Waals surface area contributed by atoms with Crippen molar-refractivity contribution in [2.75, 3.05) is 5.32 Å². The summed E-state index contributed by atoms with van der Waals surface area (Å²) in [6.07, 6.45) is 6.44. The van der Waals surface area contributed by atoms with Crippen LogP contribution in [0.1, 0.15) is 0 Å². The van der Waals surface area contributed by atoms with Gasteiger partial charge in [0, 0.05) is 34.6 Å². The number of rotatable bonds is 3. The quantitative estimate of drug-likeness (QED) is 0.597. The molecule has 3 aromatic heterocycles. The second kappa shape index (κ2) is 5.66. The summed E-state index contributed by atoms with van der Waals surface area (Å²) in [5.74, 6) is 0.0808. The molecule has 5 nitrogen and oxygen atoms in total. The van der Waals surface area contributed by atoms with Crippen LogP contribution in [-0.2, 0) is 0 Å². The van der Waals surface area contributed by atoms with Gasteiger partial charge in [-0.2, -0.15) is 0 Å². The molecule has 0 atom stereocenters. The zero-order valence-corrected chi connectivity index (χ0v) is 12.4. The Morgan fingerprint density at radius 1 is 1.12 bits per heavy atom.